The summed E-state index contributed by atoms with van der Waals surface area (Å²) in [7, 11) is 1.69. The molecule has 55 heavy (non-hydrogen) atoms. The first kappa shape index (κ1) is 38.9. The number of piperidine rings is 3. The zero-order valence-electron chi connectivity index (χ0n) is 34.3. The number of aryl methyl sites for hydroxylation is 1. The van der Waals surface area contributed by atoms with Gasteiger partial charge >= 0.3 is 11.9 Å². The van der Waals surface area contributed by atoms with Crippen LogP contribution in [0.1, 0.15) is 123 Å². The quantitative estimate of drug-likeness (QED) is 0.190. The van der Waals surface area contributed by atoms with E-state index >= 15 is 0 Å². The number of hydrogen-bond acceptors (Lipinski definition) is 8. The molecule has 2 aromatic rings. The molecule has 0 radical (unpaired) electrons. The van der Waals surface area contributed by atoms with Crippen LogP contribution in [0.2, 0.25) is 0 Å². The van der Waals surface area contributed by atoms with Gasteiger partial charge < -0.3 is 19.3 Å². The smallest absolute Gasteiger partial charge is 0.302 e. The molecule has 15 atom stereocenters. The predicted octanol–water partition coefficient (Wildman–Crippen LogP) is 8.87. The number of hydrogen-bond donors (Lipinski definition) is 1. The molecule has 7 aliphatic rings. The topological polar surface area (TPSA) is 98.2 Å². The number of ether oxygens (including phenoxy) is 3. The Kier molecular flexibility index (Phi) is 10.7. The summed E-state index contributed by atoms with van der Waals surface area (Å²) in [6.45, 7) is 16.6. The van der Waals surface area contributed by atoms with E-state index in [0.29, 0.717) is 47.3 Å². The molecule has 1 N–H and O–H groups in total. The lowest BCUT2D eigenvalue weighted by Crippen LogP contribution is -2.59. The molecule has 7 fully saturated rings. The average molecular weight is 755 g/mol. The van der Waals surface area contributed by atoms with Gasteiger partial charge in [-0.3, -0.25) is 19.5 Å². The van der Waals surface area contributed by atoms with Gasteiger partial charge in [0, 0.05) is 42.9 Å². The standard InChI is InChI=1S/C47H66N2O6/c1-8-30-26-49-20-18-31(30)21-43(49)45(52)38-23-33(48-42-16-12-34(53-7)24-37(38)42)11-9-27(2)39-14-15-40-36-13-10-32-22-35(54-28(3)50)17-19-46(32,5)41(36)25-44(47(39,40)6)55-29(4)51/h8,12,16,23-24,27,30-32,35-36,39-41,43-45,52H,1,9-11,13-15,17-22,25-26H2,2-7H3/t27-,30+,31+,32-,35-,36+,39-,40+,41+,43-,44+,45+,46+,47-/m1/s1. The summed E-state index contributed by atoms with van der Waals surface area (Å²) in [6, 6.07) is 8.34. The first-order chi connectivity index (χ1) is 26.3. The third-order valence-corrected chi connectivity index (χ3v) is 16.9. The van der Waals surface area contributed by atoms with Gasteiger partial charge in [0.25, 0.3) is 0 Å². The summed E-state index contributed by atoms with van der Waals surface area (Å²) >= 11 is 0. The summed E-state index contributed by atoms with van der Waals surface area (Å²) < 4.78 is 17.8. The van der Waals surface area contributed by atoms with Crippen LogP contribution in [0.3, 0.4) is 0 Å². The van der Waals surface area contributed by atoms with Crippen LogP contribution in [0, 0.1) is 58.2 Å². The molecule has 1 aromatic heterocycles. The van der Waals surface area contributed by atoms with Gasteiger partial charge in [-0.1, -0.05) is 26.8 Å². The average Bonchev–Trinajstić information content (AvgIpc) is 3.54. The number of pyridine rings is 1. The number of carbonyl (C=O) groups excluding carboxylic acids is 2. The van der Waals surface area contributed by atoms with E-state index in [4.69, 9.17) is 19.2 Å². The fraction of sp³-hybridized carbons (Fsp3) is 0.723. The van der Waals surface area contributed by atoms with Crippen molar-refractivity contribution in [2.75, 3.05) is 20.2 Å². The summed E-state index contributed by atoms with van der Waals surface area (Å²) in [4.78, 5) is 32.3. The van der Waals surface area contributed by atoms with E-state index < -0.39 is 6.10 Å². The van der Waals surface area contributed by atoms with Crippen molar-refractivity contribution < 1.29 is 28.9 Å². The van der Waals surface area contributed by atoms with Crippen LogP contribution in [-0.2, 0) is 25.5 Å². The van der Waals surface area contributed by atoms with Crippen LogP contribution in [0.15, 0.2) is 36.9 Å². The number of nitrogens with zero attached hydrogens (tertiary/aromatic N) is 2. The lowest BCUT2D eigenvalue weighted by Gasteiger charge is -2.62. The van der Waals surface area contributed by atoms with Crippen LogP contribution >= 0.6 is 0 Å². The molecule has 0 spiro atoms. The molecule has 3 aliphatic heterocycles. The van der Waals surface area contributed by atoms with Crippen LogP contribution in [0.25, 0.3) is 10.9 Å². The van der Waals surface area contributed by atoms with Crippen molar-refractivity contribution in [2.24, 2.45) is 58.2 Å². The predicted molar refractivity (Wildman–Crippen MR) is 214 cm³/mol. The van der Waals surface area contributed by atoms with Crippen molar-refractivity contribution in [1.82, 2.24) is 9.88 Å². The Morgan fingerprint density at radius 1 is 1.02 bits per heavy atom. The highest BCUT2D eigenvalue weighted by atomic mass is 16.5. The molecule has 2 bridgehead atoms. The fourth-order valence-corrected chi connectivity index (χ4v) is 14.1. The van der Waals surface area contributed by atoms with E-state index in [9.17, 15) is 14.7 Å². The monoisotopic (exact) mass is 754 g/mol. The number of rotatable bonds is 10. The molecule has 8 nitrogen and oxygen atoms in total. The maximum Gasteiger partial charge on any atom is 0.302 e. The molecule has 4 aliphatic carbocycles. The zero-order valence-corrected chi connectivity index (χ0v) is 34.3. The summed E-state index contributed by atoms with van der Waals surface area (Å²) in [5.41, 5.74) is 3.02. The van der Waals surface area contributed by atoms with Crippen molar-refractivity contribution in [3.8, 4) is 5.75 Å². The molecular weight excluding hydrogens is 689 g/mol. The van der Waals surface area contributed by atoms with Crippen LogP contribution in [0.5, 0.6) is 5.75 Å². The highest BCUT2D eigenvalue weighted by Gasteiger charge is 2.65. The van der Waals surface area contributed by atoms with Gasteiger partial charge in [-0.2, -0.15) is 0 Å². The molecule has 4 saturated carbocycles. The van der Waals surface area contributed by atoms with Gasteiger partial charge in [-0.15, -0.1) is 6.58 Å². The number of methoxy groups -OCH3 is 1. The number of aromatic nitrogens is 1. The number of aliphatic hydroxyl groups excluding tert-OH is 1. The molecule has 3 saturated heterocycles. The minimum atomic E-state index is -0.606. The van der Waals surface area contributed by atoms with E-state index in [0.717, 1.165) is 92.4 Å². The van der Waals surface area contributed by atoms with Gasteiger partial charge in [-0.05, 0) is 166 Å². The zero-order chi connectivity index (χ0) is 38.8. The SMILES string of the molecule is C=C[C@H]1CN2CC[C@H]1C[C@@H]2[C@@H](O)c1cc(CC[C@@H](C)[C@H]2CC[C@H]3[C@@H]4CC[C@@H]5C[C@H](OC(C)=O)CC[C@]5(C)[C@H]4C[C@H](OC(C)=O)[C@]23C)nc2ccc(OC)cc12. The van der Waals surface area contributed by atoms with Crippen LogP contribution in [-0.4, -0.2) is 65.4 Å². The Bertz CT molecular complexity index is 1780. The normalized spacial score (nSPS) is 40.3. The van der Waals surface area contributed by atoms with Gasteiger partial charge in [0.1, 0.15) is 18.0 Å². The van der Waals surface area contributed by atoms with Gasteiger partial charge in [-0.25, -0.2) is 0 Å². The largest absolute Gasteiger partial charge is 0.497 e. The number of carbonyl (C=O) groups is 2. The maximum atomic E-state index is 12.8. The summed E-state index contributed by atoms with van der Waals surface area (Å²) in [5.74, 6) is 4.63. The third-order valence-electron chi connectivity index (χ3n) is 16.9. The van der Waals surface area contributed by atoms with Crippen molar-refractivity contribution in [3.63, 3.8) is 0 Å². The van der Waals surface area contributed by atoms with Gasteiger partial charge in [0.05, 0.1) is 18.7 Å². The lowest BCUT2D eigenvalue weighted by atomic mass is 9.43. The van der Waals surface area contributed by atoms with Crippen molar-refractivity contribution in [3.05, 3.63) is 48.2 Å². The van der Waals surface area contributed by atoms with Crippen LogP contribution in [0.4, 0.5) is 0 Å². The minimum absolute atomic E-state index is 0.0338. The van der Waals surface area contributed by atoms with E-state index in [1.165, 1.54) is 32.6 Å². The molecule has 4 heterocycles. The first-order valence-corrected chi connectivity index (χ1v) is 21.7. The van der Waals surface area contributed by atoms with Crippen LogP contribution < -0.4 is 4.74 Å². The summed E-state index contributed by atoms with van der Waals surface area (Å²) in [5, 5.41) is 13.1. The molecule has 1 aromatic carbocycles. The second kappa shape index (κ2) is 15.1. The first-order valence-electron chi connectivity index (χ1n) is 21.7. The van der Waals surface area contributed by atoms with Crippen molar-refractivity contribution >= 4 is 22.8 Å². The molecule has 9 rings (SSSR count). The lowest BCUT2D eigenvalue weighted by molar-refractivity contribution is -0.197. The van der Waals surface area contributed by atoms with Crippen molar-refractivity contribution in [2.45, 2.75) is 136 Å². The number of fused-ring (bicyclic) bond motifs is 9. The molecule has 0 amide bonds. The van der Waals surface area contributed by atoms with Crippen molar-refractivity contribution in [1.29, 1.82) is 0 Å². The van der Waals surface area contributed by atoms with E-state index in [1.807, 2.05) is 18.2 Å². The molecule has 8 heteroatoms. The van der Waals surface area contributed by atoms with E-state index in [2.05, 4.69) is 44.4 Å². The Morgan fingerprint density at radius 3 is 2.53 bits per heavy atom. The molecule has 1 unspecified atom stereocenters. The van der Waals surface area contributed by atoms with E-state index in [1.54, 1.807) is 14.0 Å². The minimum Gasteiger partial charge on any atom is -0.497 e. The Hall–Kier alpha value is -2.97. The van der Waals surface area contributed by atoms with E-state index in [-0.39, 0.29) is 41.0 Å². The molecular formula is C47H66N2O6. The molecule has 300 valence electrons. The Labute approximate surface area is 329 Å². The Balaban J connectivity index is 1.02. The highest BCUT2D eigenvalue weighted by Crippen LogP contribution is 2.69. The number of benzene rings is 1. The third kappa shape index (κ3) is 6.83. The second-order valence-electron chi connectivity index (χ2n) is 19.3. The number of aliphatic hydroxyl groups is 1. The summed E-state index contributed by atoms with van der Waals surface area (Å²) in [6.07, 6.45) is 14.1. The fourth-order valence-electron chi connectivity index (χ4n) is 14.1. The van der Waals surface area contributed by atoms with Gasteiger partial charge in [0.2, 0.25) is 0 Å². The maximum absolute atomic E-state index is 12.8. The van der Waals surface area contributed by atoms with Gasteiger partial charge in [0.15, 0.2) is 0 Å². The number of esters is 2. The Morgan fingerprint density at radius 2 is 1.82 bits per heavy atom. The highest BCUT2D eigenvalue weighted by molar-refractivity contribution is 5.84. The second-order valence-corrected chi connectivity index (χ2v) is 19.3.